The van der Waals surface area contributed by atoms with Crippen LogP contribution in [0.3, 0.4) is 0 Å². The molecular weight excluding hydrogens is 463 g/mol. The van der Waals surface area contributed by atoms with Crippen LogP contribution in [-0.4, -0.2) is 38.5 Å². The maximum atomic E-state index is 12.4. The molecule has 0 radical (unpaired) electrons. The number of nitrogens with one attached hydrogen (secondary N) is 2. The molecule has 0 amide bonds. The van der Waals surface area contributed by atoms with Crippen LogP contribution in [0.25, 0.3) is 0 Å². The molecule has 0 saturated carbocycles. The number of anilines is 1. The van der Waals surface area contributed by atoms with Gasteiger partial charge in [0.05, 0.1) is 17.0 Å². The smallest absolute Gasteiger partial charge is 0.367 e. The summed E-state index contributed by atoms with van der Waals surface area (Å²) in [4.78, 5) is 0. The highest BCUT2D eigenvalue weighted by molar-refractivity contribution is 7.89. The fourth-order valence-corrected chi connectivity index (χ4v) is 5.04. The molecular formula is C19H24ClN4O5PS. The fraction of sp³-hybridized carbons (Fsp3) is 0.368. The van der Waals surface area contributed by atoms with E-state index in [0.29, 0.717) is 5.76 Å². The number of phenolic OH excluding ortho intramolecular Hbond substituents is 1. The molecule has 0 fully saturated rings. The van der Waals surface area contributed by atoms with Gasteiger partial charge in [-0.05, 0) is 54.6 Å². The molecule has 2 heterocycles. The molecule has 0 unspecified atom stereocenters. The van der Waals surface area contributed by atoms with Gasteiger partial charge in [-0.2, -0.15) is 8.42 Å². The van der Waals surface area contributed by atoms with E-state index in [4.69, 9.17) is 16.0 Å². The highest BCUT2D eigenvalue weighted by Crippen LogP contribution is 2.41. The summed E-state index contributed by atoms with van der Waals surface area (Å²) < 4.78 is 49.5. The van der Waals surface area contributed by atoms with Crippen LogP contribution in [0, 0.1) is 5.41 Å². The van der Waals surface area contributed by atoms with Crippen molar-refractivity contribution in [2.45, 2.75) is 26.8 Å². The lowest BCUT2D eigenvalue weighted by molar-refractivity contribution is 0.264. The third kappa shape index (κ3) is 5.31. The van der Waals surface area contributed by atoms with Crippen LogP contribution in [0.5, 0.6) is 5.75 Å². The number of benzene rings is 1. The van der Waals surface area contributed by atoms with Gasteiger partial charge in [0.1, 0.15) is 18.7 Å². The van der Waals surface area contributed by atoms with Crippen molar-refractivity contribution in [2.75, 3.05) is 18.6 Å². The Morgan fingerprint density at radius 1 is 1.13 bits per heavy atom. The van der Waals surface area contributed by atoms with Crippen molar-refractivity contribution < 1.29 is 22.5 Å². The first kappa shape index (κ1) is 23.4. The molecule has 31 heavy (non-hydrogen) atoms. The van der Waals surface area contributed by atoms with Gasteiger partial charge in [0.25, 0.3) is 0 Å². The zero-order valence-corrected chi connectivity index (χ0v) is 20.1. The molecule has 1 aromatic heterocycles. The molecule has 1 aromatic carbocycles. The lowest BCUT2D eigenvalue weighted by Crippen LogP contribution is -2.41. The van der Waals surface area contributed by atoms with Crippen molar-refractivity contribution in [3.63, 3.8) is 0 Å². The predicted octanol–water partition coefficient (Wildman–Crippen LogP) is 3.73. The van der Waals surface area contributed by atoms with Gasteiger partial charge < -0.3 is 24.7 Å². The van der Waals surface area contributed by atoms with Gasteiger partial charge in [0.15, 0.2) is 16.9 Å². The summed E-state index contributed by atoms with van der Waals surface area (Å²) in [5.41, 5.74) is -0.263. The minimum atomic E-state index is -4.13. The molecule has 9 nitrogen and oxygen atoms in total. The molecule has 3 rings (SSSR count). The molecule has 3 N–H and O–H groups in total. The quantitative estimate of drug-likeness (QED) is 0.443. The van der Waals surface area contributed by atoms with E-state index in [1.807, 2.05) is 20.8 Å². The highest BCUT2D eigenvalue weighted by atomic mass is 35.5. The van der Waals surface area contributed by atoms with E-state index in [1.165, 1.54) is 19.4 Å². The summed E-state index contributed by atoms with van der Waals surface area (Å²) in [5, 5.41) is 16.9. The van der Waals surface area contributed by atoms with Gasteiger partial charge >= 0.3 is 10.2 Å². The second-order valence-corrected chi connectivity index (χ2v) is 13.4. The number of amidine groups is 2. The van der Waals surface area contributed by atoms with Crippen molar-refractivity contribution in [1.82, 2.24) is 5.32 Å². The summed E-state index contributed by atoms with van der Waals surface area (Å²) in [5.74, 6) is 0.0915. The van der Waals surface area contributed by atoms with Crippen LogP contribution in [0.15, 0.2) is 43.5 Å². The molecule has 168 valence electrons. The lowest BCUT2D eigenvalue weighted by Gasteiger charge is -2.30. The van der Waals surface area contributed by atoms with E-state index >= 15 is 0 Å². The van der Waals surface area contributed by atoms with E-state index in [1.54, 1.807) is 24.3 Å². The number of rotatable bonds is 4. The van der Waals surface area contributed by atoms with Crippen LogP contribution in [-0.2, 0) is 14.8 Å². The Morgan fingerprint density at radius 3 is 2.32 bits per heavy atom. The second kappa shape index (κ2) is 8.00. The minimum Gasteiger partial charge on any atom is -0.505 e. The third-order valence-electron chi connectivity index (χ3n) is 4.51. The summed E-state index contributed by atoms with van der Waals surface area (Å²) in [7, 11) is -6.90. The molecule has 0 aliphatic carbocycles. The number of hydrogen-bond acceptors (Lipinski definition) is 7. The second-order valence-electron chi connectivity index (χ2n) is 8.56. The van der Waals surface area contributed by atoms with Gasteiger partial charge in [-0.15, -0.1) is 8.80 Å². The molecule has 1 aliphatic heterocycles. The monoisotopic (exact) mass is 486 g/mol. The molecule has 1 aliphatic rings. The van der Waals surface area contributed by atoms with Gasteiger partial charge in [0.2, 0.25) is 0 Å². The molecule has 0 bridgehead atoms. The Kier molecular flexibility index (Phi) is 6.03. The normalized spacial score (nSPS) is 17.1. The molecule has 2 aromatic rings. The number of para-hydroxylation sites is 1. The van der Waals surface area contributed by atoms with Gasteiger partial charge in [0, 0.05) is 0 Å². The zero-order chi connectivity index (χ0) is 23.2. The topological polar surface area (TPSA) is 133 Å². The number of hydrogen-bond donors (Lipinski definition) is 3. The van der Waals surface area contributed by atoms with Gasteiger partial charge in [-0.1, -0.05) is 26.8 Å². The summed E-state index contributed by atoms with van der Waals surface area (Å²) in [6.45, 7) is 8.86. The summed E-state index contributed by atoms with van der Waals surface area (Å²) in [6.07, 6.45) is 0. The molecule has 0 saturated heterocycles. The van der Waals surface area contributed by atoms with Crippen molar-refractivity contribution >= 4 is 51.6 Å². The van der Waals surface area contributed by atoms with E-state index in [-0.39, 0.29) is 33.6 Å². The standard InChI is InChI=1S/C19H24ClN4O5PS/c1-19(2,3)16(12-9-10-14(20)29-12)22-18-17(23-31(27,28)24-18)21-11-7-6-8-13(15(11)25)30(4,5)26/h6-10,16,25H,1-5H3,(H,21,23)(H,22,24)/t16-/m0/s1. The van der Waals surface area contributed by atoms with Crippen molar-refractivity contribution in [1.29, 1.82) is 0 Å². The zero-order valence-electron chi connectivity index (χ0n) is 17.7. The largest absolute Gasteiger partial charge is 0.505 e. The predicted molar refractivity (Wildman–Crippen MR) is 124 cm³/mol. The van der Waals surface area contributed by atoms with Crippen LogP contribution in [0.2, 0.25) is 5.22 Å². The molecule has 12 heteroatoms. The average Bonchev–Trinajstić information content (AvgIpc) is 3.14. The third-order valence-corrected chi connectivity index (χ3v) is 7.06. The van der Waals surface area contributed by atoms with Crippen molar-refractivity contribution in [3.8, 4) is 5.75 Å². The maximum absolute atomic E-state index is 12.4. The number of furan rings is 1. The Labute approximate surface area is 186 Å². The Bertz CT molecular complexity index is 1220. The lowest BCUT2D eigenvalue weighted by atomic mass is 9.85. The van der Waals surface area contributed by atoms with E-state index in [2.05, 4.69) is 19.4 Å². The summed E-state index contributed by atoms with van der Waals surface area (Å²) >= 11 is 5.91. The highest BCUT2D eigenvalue weighted by Gasteiger charge is 2.34. The number of nitrogens with zero attached hydrogens (tertiary/aromatic N) is 2. The van der Waals surface area contributed by atoms with Gasteiger partial charge in [-0.3, -0.25) is 0 Å². The van der Waals surface area contributed by atoms with Crippen molar-refractivity contribution in [2.24, 2.45) is 14.2 Å². The van der Waals surface area contributed by atoms with Crippen LogP contribution in [0.4, 0.5) is 5.69 Å². The van der Waals surface area contributed by atoms with Crippen molar-refractivity contribution in [3.05, 3.63) is 41.3 Å². The number of aromatic hydroxyl groups is 1. The first-order chi connectivity index (χ1) is 14.2. The maximum Gasteiger partial charge on any atom is 0.367 e. The first-order valence-electron chi connectivity index (χ1n) is 9.29. The molecule has 0 spiro atoms. The van der Waals surface area contributed by atoms with E-state index < -0.39 is 28.8 Å². The Morgan fingerprint density at radius 2 is 1.77 bits per heavy atom. The summed E-state index contributed by atoms with van der Waals surface area (Å²) in [6, 6.07) is 7.47. The van der Waals surface area contributed by atoms with E-state index in [0.717, 1.165) is 0 Å². The molecule has 1 atom stereocenters. The van der Waals surface area contributed by atoms with Gasteiger partial charge in [-0.25, -0.2) is 0 Å². The minimum absolute atomic E-state index is 0.0477. The Balaban J connectivity index is 1.97. The van der Waals surface area contributed by atoms with Crippen LogP contribution in [0.1, 0.15) is 32.6 Å². The van der Waals surface area contributed by atoms with Crippen LogP contribution >= 0.6 is 18.7 Å². The van der Waals surface area contributed by atoms with Crippen LogP contribution < -0.4 is 15.9 Å². The Hall–Kier alpha value is -2.29. The average molecular weight is 487 g/mol. The van der Waals surface area contributed by atoms with E-state index in [9.17, 15) is 18.1 Å². The number of halogens is 1. The fourth-order valence-electron chi connectivity index (χ4n) is 3.04. The number of phenols is 1. The first-order valence-corrected chi connectivity index (χ1v) is 13.7. The SMILES string of the molecule is CC(C)(C)[C@@H](NC1=NS(=O)(=O)N=C1Nc1cccc(P(C)(C)=O)c1O)c1ccc(Cl)o1.